The molecule has 0 radical (unpaired) electrons. The third-order valence-electron chi connectivity index (χ3n) is 3.00. The van der Waals surface area contributed by atoms with Crippen LogP contribution in [-0.4, -0.2) is 12.1 Å². The van der Waals surface area contributed by atoms with Crippen molar-refractivity contribution in [3.8, 4) is 17.9 Å². The molecule has 0 amide bonds. The van der Waals surface area contributed by atoms with Crippen molar-refractivity contribution in [1.82, 2.24) is 0 Å². The molecular weight excluding hydrogens is 250 g/mol. The van der Waals surface area contributed by atoms with Crippen molar-refractivity contribution in [3.05, 3.63) is 0 Å². The lowest BCUT2D eigenvalue weighted by Gasteiger charge is -2.09. The van der Waals surface area contributed by atoms with Crippen molar-refractivity contribution < 1.29 is 9.53 Å². The second-order valence-electron chi connectivity index (χ2n) is 4.87. The monoisotopic (exact) mass is 277 g/mol. The van der Waals surface area contributed by atoms with Crippen molar-refractivity contribution in [2.24, 2.45) is 0 Å². The minimum atomic E-state index is -0.415. The molecule has 0 aliphatic rings. The summed E-state index contributed by atoms with van der Waals surface area (Å²) >= 11 is 0. The van der Waals surface area contributed by atoms with E-state index in [0.717, 1.165) is 12.8 Å². The van der Waals surface area contributed by atoms with E-state index in [9.17, 15) is 4.79 Å². The summed E-state index contributed by atoms with van der Waals surface area (Å²) in [4.78, 5) is 11.2. The molecule has 0 aromatic rings. The highest BCUT2D eigenvalue weighted by Gasteiger charge is 2.09. The van der Waals surface area contributed by atoms with Gasteiger partial charge < -0.3 is 4.74 Å². The number of hydrogen-bond acceptors (Lipinski definition) is 3. The molecule has 0 aromatic heterocycles. The van der Waals surface area contributed by atoms with Crippen LogP contribution in [0.4, 0.5) is 0 Å². The highest BCUT2D eigenvalue weighted by Crippen LogP contribution is 2.07. The smallest absolute Gasteiger partial charge is 0.306 e. The maximum atomic E-state index is 11.2. The molecule has 0 rings (SSSR count). The minimum absolute atomic E-state index is 0.248. The third-order valence-corrected chi connectivity index (χ3v) is 3.00. The predicted molar refractivity (Wildman–Crippen MR) is 80.8 cm³/mol. The van der Waals surface area contributed by atoms with Gasteiger partial charge in [0.15, 0.2) is 6.10 Å². The lowest BCUT2D eigenvalue weighted by Crippen LogP contribution is -2.15. The van der Waals surface area contributed by atoms with Crippen molar-refractivity contribution in [2.45, 2.75) is 84.2 Å². The fourth-order valence-electron chi connectivity index (χ4n) is 1.78. The summed E-state index contributed by atoms with van der Waals surface area (Å²) in [6.07, 6.45) is 9.14. The van der Waals surface area contributed by atoms with Gasteiger partial charge in [0.1, 0.15) is 0 Å². The Morgan fingerprint density at radius 2 is 1.80 bits per heavy atom. The average Bonchev–Trinajstić information content (AvgIpc) is 2.46. The Kier molecular flexibility index (Phi) is 12.9. The summed E-state index contributed by atoms with van der Waals surface area (Å²) in [6, 6.07) is 2.06. The molecule has 20 heavy (non-hydrogen) atoms. The van der Waals surface area contributed by atoms with Crippen LogP contribution in [0.5, 0.6) is 0 Å². The van der Waals surface area contributed by atoms with Gasteiger partial charge in [-0.3, -0.25) is 4.79 Å². The molecule has 0 heterocycles. The number of carbonyl (C=O) groups is 1. The van der Waals surface area contributed by atoms with Gasteiger partial charge in [0.05, 0.1) is 6.07 Å². The van der Waals surface area contributed by atoms with Crippen molar-refractivity contribution >= 4 is 5.97 Å². The summed E-state index contributed by atoms with van der Waals surface area (Å²) in [6.45, 7) is 3.97. The van der Waals surface area contributed by atoms with Crippen molar-refractivity contribution in [2.75, 3.05) is 0 Å². The van der Waals surface area contributed by atoms with Crippen LogP contribution in [0, 0.1) is 23.2 Å². The number of nitriles is 1. The molecule has 0 saturated heterocycles. The standard InChI is InChI=1S/C17H27NO2/c1-3-5-6-7-8-9-10-11-13-16(14-12-15-18)20-17(19)4-2/h16H,3-10,12,14H2,1-2H3/t16-/m0/s1. The summed E-state index contributed by atoms with van der Waals surface area (Å²) in [5, 5.41) is 8.58. The molecule has 0 bridgehead atoms. The average molecular weight is 277 g/mol. The number of hydrogen-bond donors (Lipinski definition) is 0. The lowest BCUT2D eigenvalue weighted by molar-refractivity contribution is -0.146. The fraction of sp³-hybridized carbons (Fsp3) is 0.765. The first-order valence-electron chi connectivity index (χ1n) is 7.79. The molecule has 0 aliphatic heterocycles. The second-order valence-corrected chi connectivity index (χ2v) is 4.87. The summed E-state index contributed by atoms with van der Waals surface area (Å²) in [5.74, 6) is 5.81. The van der Waals surface area contributed by atoms with Crippen LogP contribution in [0.25, 0.3) is 0 Å². The normalized spacial score (nSPS) is 11.1. The Bertz CT molecular complexity index is 346. The molecule has 0 fully saturated rings. The molecule has 0 aliphatic carbocycles. The van der Waals surface area contributed by atoms with Crippen LogP contribution in [0.15, 0.2) is 0 Å². The van der Waals surface area contributed by atoms with E-state index in [0.29, 0.717) is 19.3 Å². The van der Waals surface area contributed by atoms with Gasteiger partial charge in [-0.15, -0.1) is 0 Å². The first-order valence-corrected chi connectivity index (χ1v) is 7.79. The van der Waals surface area contributed by atoms with E-state index in [4.69, 9.17) is 10.00 Å². The van der Waals surface area contributed by atoms with E-state index >= 15 is 0 Å². The molecule has 3 heteroatoms. The number of carbonyl (C=O) groups excluding carboxylic acids is 1. The van der Waals surface area contributed by atoms with Gasteiger partial charge >= 0.3 is 5.97 Å². The Morgan fingerprint density at radius 1 is 1.10 bits per heavy atom. The highest BCUT2D eigenvalue weighted by molar-refractivity contribution is 5.69. The zero-order valence-electron chi connectivity index (χ0n) is 12.9. The quantitative estimate of drug-likeness (QED) is 0.338. The number of esters is 1. The van der Waals surface area contributed by atoms with Crippen molar-refractivity contribution in [1.29, 1.82) is 5.26 Å². The van der Waals surface area contributed by atoms with Gasteiger partial charge in [-0.25, -0.2) is 0 Å². The molecule has 0 saturated carbocycles. The summed E-state index contributed by atoms with van der Waals surface area (Å²) in [5.41, 5.74) is 0. The SMILES string of the molecule is CCCCCCCCC#C[C@@H](CCC#N)OC(=O)CC. The van der Waals surface area contributed by atoms with E-state index < -0.39 is 6.10 Å². The number of ether oxygens (including phenoxy) is 1. The molecule has 0 unspecified atom stereocenters. The Labute approximate surface area is 123 Å². The second kappa shape index (κ2) is 13.9. The molecule has 0 N–H and O–H groups in total. The van der Waals surface area contributed by atoms with Crippen LogP contribution >= 0.6 is 0 Å². The van der Waals surface area contributed by atoms with E-state index in [-0.39, 0.29) is 5.97 Å². The van der Waals surface area contributed by atoms with Gasteiger partial charge in [0.25, 0.3) is 0 Å². The molecule has 0 spiro atoms. The minimum Gasteiger partial charge on any atom is -0.449 e. The van der Waals surface area contributed by atoms with E-state index in [1.54, 1.807) is 6.92 Å². The summed E-state index contributed by atoms with van der Waals surface area (Å²) in [7, 11) is 0. The Morgan fingerprint density at radius 3 is 2.45 bits per heavy atom. The Hall–Kier alpha value is -1.48. The first kappa shape index (κ1) is 18.5. The maximum Gasteiger partial charge on any atom is 0.306 e. The van der Waals surface area contributed by atoms with E-state index in [1.807, 2.05) is 0 Å². The third kappa shape index (κ3) is 11.6. The highest BCUT2D eigenvalue weighted by atomic mass is 16.5. The largest absolute Gasteiger partial charge is 0.449 e. The fourth-order valence-corrected chi connectivity index (χ4v) is 1.78. The van der Waals surface area contributed by atoms with Gasteiger partial charge in [-0.2, -0.15) is 5.26 Å². The molecule has 112 valence electrons. The molecule has 1 atom stereocenters. The summed E-state index contributed by atoms with van der Waals surface area (Å²) < 4.78 is 5.20. The zero-order valence-corrected chi connectivity index (χ0v) is 12.9. The number of nitrogens with zero attached hydrogens (tertiary/aromatic N) is 1. The first-order chi connectivity index (χ1) is 9.74. The van der Waals surface area contributed by atoms with E-state index in [1.165, 1.54) is 32.1 Å². The van der Waals surface area contributed by atoms with Gasteiger partial charge in [-0.05, 0) is 6.42 Å². The zero-order chi connectivity index (χ0) is 15.1. The van der Waals surface area contributed by atoms with Crippen LogP contribution in [0.1, 0.15) is 78.1 Å². The van der Waals surface area contributed by atoms with Crippen LogP contribution in [-0.2, 0) is 9.53 Å². The number of rotatable bonds is 10. The molecule has 0 aromatic carbocycles. The number of unbranched alkanes of at least 4 members (excludes halogenated alkanes) is 6. The molecular formula is C17H27NO2. The van der Waals surface area contributed by atoms with E-state index in [2.05, 4.69) is 24.8 Å². The van der Waals surface area contributed by atoms with Crippen LogP contribution in [0.3, 0.4) is 0 Å². The van der Waals surface area contributed by atoms with Crippen LogP contribution < -0.4 is 0 Å². The van der Waals surface area contributed by atoms with Gasteiger partial charge in [0, 0.05) is 25.7 Å². The lowest BCUT2D eigenvalue weighted by atomic mass is 10.1. The van der Waals surface area contributed by atoms with Gasteiger partial charge in [0.2, 0.25) is 0 Å². The molecule has 3 nitrogen and oxygen atoms in total. The van der Waals surface area contributed by atoms with Crippen molar-refractivity contribution in [3.63, 3.8) is 0 Å². The topological polar surface area (TPSA) is 50.1 Å². The maximum absolute atomic E-state index is 11.2. The Balaban J connectivity index is 3.89. The van der Waals surface area contributed by atoms with Crippen LogP contribution in [0.2, 0.25) is 0 Å². The predicted octanol–water partition coefficient (Wildman–Crippen LogP) is 4.37. The van der Waals surface area contributed by atoms with Gasteiger partial charge in [-0.1, -0.05) is 57.8 Å².